The smallest absolute Gasteiger partial charge is 0.233 e. The number of sulfonamides is 1. The quantitative estimate of drug-likeness (QED) is 0.848. The molecule has 0 bridgehead atoms. The van der Waals surface area contributed by atoms with Gasteiger partial charge in [-0.3, -0.25) is 4.72 Å². The van der Waals surface area contributed by atoms with Gasteiger partial charge < -0.3 is 4.74 Å². The second-order valence-corrected chi connectivity index (χ2v) is 7.36. The Kier molecular flexibility index (Phi) is 5.56. The highest BCUT2D eigenvalue weighted by Gasteiger charge is 2.14. The monoisotopic (exact) mass is 359 g/mol. The number of rotatable bonds is 6. The zero-order valence-corrected chi connectivity index (χ0v) is 14.2. The first-order valence-corrected chi connectivity index (χ1v) is 8.89. The third kappa shape index (κ3) is 4.80. The zero-order valence-electron chi connectivity index (χ0n) is 11.8. The van der Waals surface area contributed by atoms with Crippen molar-refractivity contribution >= 4 is 38.9 Å². The van der Waals surface area contributed by atoms with Crippen LogP contribution in [-0.4, -0.2) is 21.3 Å². The minimum absolute atomic E-state index is 0.0513. The van der Waals surface area contributed by atoms with E-state index in [0.717, 1.165) is 5.56 Å². The van der Waals surface area contributed by atoms with Crippen LogP contribution >= 0.6 is 23.2 Å². The van der Waals surface area contributed by atoms with Crippen LogP contribution in [0, 0.1) is 0 Å². The molecule has 0 amide bonds. The van der Waals surface area contributed by atoms with Crippen LogP contribution in [0.3, 0.4) is 0 Å². The molecule has 2 rings (SSSR count). The van der Waals surface area contributed by atoms with Crippen molar-refractivity contribution in [3.8, 4) is 5.75 Å². The van der Waals surface area contributed by atoms with E-state index in [4.69, 9.17) is 27.9 Å². The number of nitrogens with one attached hydrogen (secondary N) is 1. The molecule has 0 unspecified atom stereocenters. The van der Waals surface area contributed by atoms with Gasteiger partial charge in [0.1, 0.15) is 5.75 Å². The maximum atomic E-state index is 12.2. The molecule has 2 aromatic rings. The lowest BCUT2D eigenvalue weighted by atomic mass is 10.2. The van der Waals surface area contributed by atoms with Crippen molar-refractivity contribution in [1.82, 2.24) is 0 Å². The van der Waals surface area contributed by atoms with Crippen molar-refractivity contribution in [1.29, 1.82) is 0 Å². The van der Waals surface area contributed by atoms with Crippen LogP contribution in [0.15, 0.2) is 42.5 Å². The second-order valence-electron chi connectivity index (χ2n) is 4.64. The van der Waals surface area contributed by atoms with E-state index >= 15 is 0 Å². The summed E-state index contributed by atoms with van der Waals surface area (Å²) in [5.41, 5.74) is 1.22. The Labute approximate surface area is 140 Å². The van der Waals surface area contributed by atoms with Crippen LogP contribution in [0.5, 0.6) is 5.75 Å². The Morgan fingerprint density at radius 1 is 1.05 bits per heavy atom. The summed E-state index contributed by atoms with van der Waals surface area (Å²) in [6, 6.07) is 11.8. The first kappa shape index (κ1) is 16.9. The summed E-state index contributed by atoms with van der Waals surface area (Å²) < 4.78 is 32.0. The van der Waals surface area contributed by atoms with Gasteiger partial charge in [-0.2, -0.15) is 0 Å². The van der Waals surface area contributed by atoms with E-state index in [0.29, 0.717) is 27.9 Å². The predicted octanol–water partition coefficient (Wildman–Crippen LogP) is 3.99. The van der Waals surface area contributed by atoms with Gasteiger partial charge in [-0.15, -0.1) is 0 Å². The van der Waals surface area contributed by atoms with Gasteiger partial charge in [-0.05, 0) is 42.3 Å². The molecule has 0 atom stereocenters. The number of methoxy groups -OCH3 is 1. The first-order valence-electron chi connectivity index (χ1n) is 6.48. The summed E-state index contributed by atoms with van der Waals surface area (Å²) >= 11 is 11.7. The van der Waals surface area contributed by atoms with E-state index in [1.165, 1.54) is 13.2 Å². The Bertz CT molecular complexity index is 746. The van der Waals surface area contributed by atoms with E-state index in [9.17, 15) is 8.42 Å². The lowest BCUT2D eigenvalue weighted by Crippen LogP contribution is -2.18. The highest BCUT2D eigenvalue weighted by atomic mass is 35.5. The summed E-state index contributed by atoms with van der Waals surface area (Å²) in [5, 5.41) is 1.05. The van der Waals surface area contributed by atoms with Crippen molar-refractivity contribution in [2.75, 3.05) is 17.6 Å². The number of aryl methyl sites for hydroxylation is 1. The second kappa shape index (κ2) is 7.22. The highest BCUT2D eigenvalue weighted by Crippen LogP contribution is 2.28. The van der Waals surface area contributed by atoms with E-state index in [1.54, 1.807) is 36.4 Å². The standard InChI is InChI=1S/C15H15Cl2NO3S/c1-21-15-7-6-13(17)10-14(15)18-22(19,20)9-8-11-2-4-12(16)5-3-11/h2-7,10,18H,8-9H2,1H3. The maximum absolute atomic E-state index is 12.2. The van der Waals surface area contributed by atoms with Crippen molar-refractivity contribution in [3.63, 3.8) is 0 Å². The average molecular weight is 360 g/mol. The van der Waals surface area contributed by atoms with Crippen LogP contribution in [0.4, 0.5) is 5.69 Å². The molecule has 0 heterocycles. The summed E-state index contributed by atoms with van der Waals surface area (Å²) in [6.45, 7) is 0. The Morgan fingerprint density at radius 2 is 1.68 bits per heavy atom. The van der Waals surface area contributed by atoms with Crippen molar-refractivity contribution < 1.29 is 13.2 Å². The van der Waals surface area contributed by atoms with Crippen LogP contribution in [0.1, 0.15) is 5.56 Å². The van der Waals surface area contributed by atoms with Crippen LogP contribution < -0.4 is 9.46 Å². The van der Waals surface area contributed by atoms with Gasteiger partial charge in [0.25, 0.3) is 0 Å². The van der Waals surface area contributed by atoms with Crippen LogP contribution in [0.2, 0.25) is 10.0 Å². The van der Waals surface area contributed by atoms with E-state index < -0.39 is 10.0 Å². The normalized spacial score (nSPS) is 11.2. The van der Waals surface area contributed by atoms with E-state index in [1.807, 2.05) is 0 Å². The van der Waals surface area contributed by atoms with Gasteiger partial charge in [-0.25, -0.2) is 8.42 Å². The largest absolute Gasteiger partial charge is 0.495 e. The Hall–Kier alpha value is -1.43. The topological polar surface area (TPSA) is 55.4 Å². The fourth-order valence-corrected chi connectivity index (χ4v) is 3.28. The Balaban J connectivity index is 2.08. The lowest BCUT2D eigenvalue weighted by Gasteiger charge is -2.12. The fraction of sp³-hybridized carbons (Fsp3) is 0.200. The molecule has 0 aliphatic heterocycles. The number of halogens is 2. The van der Waals surface area contributed by atoms with Crippen LogP contribution in [0.25, 0.3) is 0 Å². The molecule has 0 fully saturated rings. The summed E-state index contributed by atoms with van der Waals surface area (Å²) in [7, 11) is -2.05. The molecule has 0 aliphatic carbocycles. The lowest BCUT2D eigenvalue weighted by molar-refractivity contribution is 0.417. The van der Waals surface area contributed by atoms with Crippen molar-refractivity contribution in [3.05, 3.63) is 58.1 Å². The zero-order chi connectivity index (χ0) is 16.2. The van der Waals surface area contributed by atoms with E-state index in [2.05, 4.69) is 4.72 Å². The van der Waals surface area contributed by atoms with Crippen molar-refractivity contribution in [2.45, 2.75) is 6.42 Å². The average Bonchev–Trinajstić information content (AvgIpc) is 2.46. The number of hydrogen-bond donors (Lipinski definition) is 1. The summed E-state index contributed by atoms with van der Waals surface area (Å²) in [5.74, 6) is 0.365. The first-order chi connectivity index (χ1) is 10.4. The predicted molar refractivity (Wildman–Crippen MR) is 90.6 cm³/mol. The molecule has 0 aromatic heterocycles. The molecule has 2 aromatic carbocycles. The highest BCUT2D eigenvalue weighted by molar-refractivity contribution is 7.92. The SMILES string of the molecule is COc1ccc(Cl)cc1NS(=O)(=O)CCc1ccc(Cl)cc1. The molecule has 0 spiro atoms. The molecule has 4 nitrogen and oxygen atoms in total. The molecular formula is C15H15Cl2NO3S. The summed E-state index contributed by atoms with van der Waals surface area (Å²) in [6.07, 6.45) is 0.384. The molecule has 0 aliphatic rings. The Morgan fingerprint density at radius 3 is 2.32 bits per heavy atom. The third-order valence-corrected chi connectivity index (χ3v) is 4.76. The van der Waals surface area contributed by atoms with Gasteiger partial charge >= 0.3 is 0 Å². The van der Waals surface area contributed by atoms with Gasteiger partial charge in [0.2, 0.25) is 10.0 Å². The molecular weight excluding hydrogens is 345 g/mol. The number of anilines is 1. The molecule has 1 N–H and O–H groups in total. The van der Waals surface area contributed by atoms with Gasteiger partial charge in [-0.1, -0.05) is 35.3 Å². The molecule has 7 heteroatoms. The van der Waals surface area contributed by atoms with Gasteiger partial charge in [0, 0.05) is 10.0 Å². The number of benzene rings is 2. The number of hydrogen-bond acceptors (Lipinski definition) is 3. The molecule has 118 valence electrons. The molecule has 0 saturated carbocycles. The van der Waals surface area contributed by atoms with Crippen LogP contribution in [-0.2, 0) is 16.4 Å². The minimum Gasteiger partial charge on any atom is -0.495 e. The fourth-order valence-electron chi connectivity index (χ4n) is 1.88. The van der Waals surface area contributed by atoms with Gasteiger partial charge in [0.15, 0.2) is 0 Å². The maximum Gasteiger partial charge on any atom is 0.233 e. The molecule has 22 heavy (non-hydrogen) atoms. The molecule has 0 saturated heterocycles. The minimum atomic E-state index is -3.51. The van der Waals surface area contributed by atoms with Crippen molar-refractivity contribution in [2.24, 2.45) is 0 Å². The van der Waals surface area contributed by atoms with E-state index in [-0.39, 0.29) is 5.75 Å². The number of ether oxygens (including phenoxy) is 1. The van der Waals surface area contributed by atoms with Gasteiger partial charge in [0.05, 0.1) is 18.6 Å². The third-order valence-electron chi connectivity index (χ3n) is 3.00. The summed E-state index contributed by atoms with van der Waals surface area (Å²) in [4.78, 5) is 0. The molecule has 0 radical (unpaired) electrons.